The molecule has 0 atom stereocenters. The van der Waals surface area contributed by atoms with E-state index in [9.17, 15) is 0 Å². The molecule has 0 spiro atoms. The second-order valence-electron chi connectivity index (χ2n) is 5.76. The van der Waals surface area contributed by atoms with Gasteiger partial charge in [-0.15, -0.1) is 5.73 Å². The van der Waals surface area contributed by atoms with E-state index in [1.807, 2.05) is 62.4 Å². The van der Waals surface area contributed by atoms with Crippen LogP contribution in [0.1, 0.15) is 24.1 Å². The van der Waals surface area contributed by atoms with Crippen LogP contribution in [-0.2, 0) is 6.42 Å². The van der Waals surface area contributed by atoms with Crippen LogP contribution in [0, 0.1) is 6.92 Å². The topological polar surface area (TPSA) is 38.1 Å². The first kappa shape index (κ1) is 16.8. The molecule has 0 N–H and O–H groups in total. The number of hydrogen-bond acceptors (Lipinski definition) is 3. The van der Waals surface area contributed by atoms with E-state index in [-0.39, 0.29) is 0 Å². The van der Waals surface area contributed by atoms with Crippen molar-refractivity contribution in [1.82, 2.24) is 9.97 Å². The summed E-state index contributed by atoms with van der Waals surface area (Å²) in [6.45, 7) is 4.68. The van der Waals surface area contributed by atoms with E-state index in [1.54, 1.807) is 0 Å². The molecule has 124 valence electrons. The maximum Gasteiger partial charge on any atom is 0.133 e. The van der Waals surface area contributed by atoms with Crippen molar-refractivity contribution >= 4 is 11.3 Å². The summed E-state index contributed by atoms with van der Waals surface area (Å²) in [6, 6.07) is 2.03. The molecule has 0 saturated carbocycles. The summed E-state index contributed by atoms with van der Waals surface area (Å²) in [6.07, 6.45) is 20.8. The third-order valence-corrected chi connectivity index (χ3v) is 3.81. The fourth-order valence-electron chi connectivity index (χ4n) is 2.70. The molecule has 3 rings (SSSR count). The zero-order valence-corrected chi connectivity index (χ0v) is 14.6. The highest BCUT2D eigenvalue weighted by molar-refractivity contribution is 6.16. The van der Waals surface area contributed by atoms with Crippen molar-refractivity contribution in [2.24, 2.45) is 4.99 Å². The normalized spacial score (nSPS) is 16.5. The summed E-state index contributed by atoms with van der Waals surface area (Å²) in [5, 5.41) is 0. The Kier molecular flexibility index (Phi) is 5.50. The smallest absolute Gasteiger partial charge is 0.133 e. The molecule has 2 heterocycles. The molecule has 0 amide bonds. The molecule has 0 radical (unpaired) electrons. The van der Waals surface area contributed by atoms with Crippen LogP contribution in [0.25, 0.3) is 5.57 Å². The lowest BCUT2D eigenvalue weighted by Crippen LogP contribution is -2.04. The van der Waals surface area contributed by atoms with Crippen LogP contribution < -0.4 is 0 Å². The van der Waals surface area contributed by atoms with E-state index < -0.39 is 0 Å². The monoisotopic (exact) mass is 327 g/mol. The Bertz CT molecular complexity index is 899. The number of aromatic nitrogens is 2. The molecule has 0 fully saturated rings. The minimum Gasteiger partial charge on any atom is -0.281 e. The van der Waals surface area contributed by atoms with Crippen LogP contribution >= 0.6 is 0 Å². The van der Waals surface area contributed by atoms with Gasteiger partial charge in [-0.1, -0.05) is 42.5 Å². The van der Waals surface area contributed by atoms with Gasteiger partial charge in [-0.3, -0.25) is 4.99 Å². The number of allylic oxidation sites excluding steroid dienone is 10. The minimum absolute atomic E-state index is 0.670. The number of nitrogens with zero attached hydrogens (tertiary/aromatic N) is 3. The molecular formula is C22H21N3. The van der Waals surface area contributed by atoms with Crippen molar-refractivity contribution in [1.29, 1.82) is 0 Å². The SMILES string of the molecule is C/C=C\C=C/Cc1nc(C)cc(C2=C3C=C=CC=CC3=NCC=C2)n1. The van der Waals surface area contributed by atoms with E-state index in [2.05, 4.69) is 33.9 Å². The number of rotatable bonds is 4. The van der Waals surface area contributed by atoms with Crippen molar-refractivity contribution in [2.75, 3.05) is 6.54 Å². The van der Waals surface area contributed by atoms with Crippen molar-refractivity contribution in [3.05, 3.63) is 95.3 Å². The first-order chi connectivity index (χ1) is 12.3. The van der Waals surface area contributed by atoms with Gasteiger partial charge in [-0.25, -0.2) is 9.97 Å². The fraction of sp³-hybridized carbons (Fsp3) is 0.182. The van der Waals surface area contributed by atoms with Gasteiger partial charge >= 0.3 is 0 Å². The molecule has 2 aliphatic rings. The maximum atomic E-state index is 4.79. The molecule has 0 bridgehead atoms. The van der Waals surface area contributed by atoms with Gasteiger partial charge in [0.1, 0.15) is 5.82 Å². The van der Waals surface area contributed by atoms with E-state index in [0.29, 0.717) is 13.0 Å². The second kappa shape index (κ2) is 8.18. The molecule has 1 aromatic rings. The lowest BCUT2D eigenvalue weighted by molar-refractivity contribution is 0.949. The third-order valence-electron chi connectivity index (χ3n) is 3.81. The first-order valence-electron chi connectivity index (χ1n) is 8.45. The highest BCUT2D eigenvalue weighted by Gasteiger charge is 2.14. The molecule has 25 heavy (non-hydrogen) atoms. The Morgan fingerprint density at radius 3 is 2.96 bits per heavy atom. The van der Waals surface area contributed by atoms with Gasteiger partial charge in [0, 0.05) is 23.3 Å². The second-order valence-corrected chi connectivity index (χ2v) is 5.76. The molecule has 3 heteroatoms. The summed E-state index contributed by atoms with van der Waals surface area (Å²) >= 11 is 0. The quantitative estimate of drug-likeness (QED) is 0.603. The molecule has 0 aromatic carbocycles. The van der Waals surface area contributed by atoms with Crippen LogP contribution in [-0.4, -0.2) is 22.2 Å². The largest absolute Gasteiger partial charge is 0.281 e. The molecule has 1 aliphatic heterocycles. The zero-order chi connectivity index (χ0) is 17.5. The van der Waals surface area contributed by atoms with Crippen LogP contribution in [0.15, 0.2) is 83.1 Å². The summed E-state index contributed by atoms with van der Waals surface area (Å²) in [5.41, 5.74) is 8.15. The molecular weight excluding hydrogens is 306 g/mol. The Labute approximate surface area is 148 Å². The van der Waals surface area contributed by atoms with Crippen LogP contribution in [0.5, 0.6) is 0 Å². The zero-order valence-electron chi connectivity index (χ0n) is 14.6. The third kappa shape index (κ3) is 4.28. The summed E-state index contributed by atoms with van der Waals surface area (Å²) in [7, 11) is 0. The van der Waals surface area contributed by atoms with Gasteiger partial charge < -0.3 is 0 Å². The molecule has 3 nitrogen and oxygen atoms in total. The lowest BCUT2D eigenvalue weighted by atomic mass is 9.99. The van der Waals surface area contributed by atoms with Gasteiger partial charge in [0.2, 0.25) is 0 Å². The van der Waals surface area contributed by atoms with Crippen molar-refractivity contribution in [2.45, 2.75) is 20.3 Å². The molecule has 1 aromatic heterocycles. The predicted octanol–water partition coefficient (Wildman–Crippen LogP) is 4.51. The van der Waals surface area contributed by atoms with E-state index in [1.165, 1.54) is 0 Å². The number of aryl methyl sites for hydroxylation is 1. The van der Waals surface area contributed by atoms with Gasteiger partial charge in [0.25, 0.3) is 0 Å². The number of aliphatic imine (C=N–C) groups is 1. The fourth-order valence-corrected chi connectivity index (χ4v) is 2.70. The molecule has 1 aliphatic carbocycles. The van der Waals surface area contributed by atoms with Crippen LogP contribution in [0.2, 0.25) is 0 Å². The van der Waals surface area contributed by atoms with E-state index in [4.69, 9.17) is 4.98 Å². The molecule has 0 saturated heterocycles. The minimum atomic E-state index is 0.670. The standard InChI is InChI=1S/C22H21N3/c1-3-4-5-9-14-22-24-17(2)16-21(25-22)19-12-10-15-23-20-13-8-6-7-11-18(19)20/h3-6,8-13,16H,14-15H2,1-2H3/b4-3-,9-5-. The van der Waals surface area contributed by atoms with Gasteiger partial charge in [-0.05, 0) is 38.1 Å². The Balaban J connectivity index is 2.05. The van der Waals surface area contributed by atoms with Gasteiger partial charge in [0.05, 0.1) is 18.0 Å². The van der Waals surface area contributed by atoms with Gasteiger partial charge in [0.15, 0.2) is 0 Å². The van der Waals surface area contributed by atoms with Crippen molar-refractivity contribution < 1.29 is 0 Å². The summed E-state index contributed by atoms with van der Waals surface area (Å²) < 4.78 is 0. The highest BCUT2D eigenvalue weighted by Crippen LogP contribution is 2.24. The lowest BCUT2D eigenvalue weighted by Gasteiger charge is -2.09. The van der Waals surface area contributed by atoms with E-state index in [0.717, 1.165) is 34.1 Å². The Morgan fingerprint density at radius 1 is 1.16 bits per heavy atom. The highest BCUT2D eigenvalue weighted by atomic mass is 14.9. The number of hydrogen-bond donors (Lipinski definition) is 0. The van der Waals surface area contributed by atoms with Crippen LogP contribution in [0.4, 0.5) is 0 Å². The van der Waals surface area contributed by atoms with Crippen LogP contribution in [0.3, 0.4) is 0 Å². The van der Waals surface area contributed by atoms with E-state index >= 15 is 0 Å². The Morgan fingerprint density at radius 2 is 2.08 bits per heavy atom. The van der Waals surface area contributed by atoms with Crippen molar-refractivity contribution in [3.8, 4) is 0 Å². The maximum absolute atomic E-state index is 4.79. The predicted molar refractivity (Wildman–Crippen MR) is 105 cm³/mol. The Hall–Kier alpha value is -3.03. The van der Waals surface area contributed by atoms with Crippen molar-refractivity contribution in [3.63, 3.8) is 0 Å². The number of fused-ring (bicyclic) bond motifs is 1. The summed E-state index contributed by atoms with van der Waals surface area (Å²) in [5.74, 6) is 0.823. The van der Waals surface area contributed by atoms with Gasteiger partial charge in [-0.2, -0.15) is 0 Å². The summed E-state index contributed by atoms with van der Waals surface area (Å²) in [4.78, 5) is 14.0. The average Bonchev–Trinajstić information content (AvgIpc) is 2.94. The average molecular weight is 327 g/mol. The molecule has 0 unspecified atom stereocenters. The first-order valence-corrected chi connectivity index (χ1v) is 8.45.